The van der Waals surface area contributed by atoms with E-state index in [4.69, 9.17) is 11.6 Å². The Kier molecular flexibility index (Phi) is 7.09. The van der Waals surface area contributed by atoms with Crippen LogP contribution >= 0.6 is 11.6 Å². The second-order valence-electron chi connectivity index (χ2n) is 2.39. The Morgan fingerprint density at radius 2 is 2.10 bits per heavy atom. The van der Waals surface area contributed by atoms with Gasteiger partial charge in [0.2, 0.25) is 0 Å². The lowest BCUT2D eigenvalue weighted by Gasteiger charge is -2.11. The molecule has 0 fully saturated rings. The minimum atomic E-state index is 0.625. The predicted molar refractivity (Wildman–Crippen MR) is 47.6 cm³/mol. The molecule has 0 saturated carbocycles. The Labute approximate surface area is 68.7 Å². The van der Waals surface area contributed by atoms with E-state index in [2.05, 4.69) is 24.9 Å². The van der Waals surface area contributed by atoms with Crippen LogP contribution in [0.3, 0.4) is 0 Å². The van der Waals surface area contributed by atoms with E-state index in [1.807, 2.05) is 6.08 Å². The molecule has 0 spiro atoms. The molecule has 0 aromatic rings. The van der Waals surface area contributed by atoms with Gasteiger partial charge < -0.3 is 4.90 Å². The van der Waals surface area contributed by atoms with Gasteiger partial charge >= 0.3 is 0 Å². The fourth-order valence-electron chi connectivity index (χ4n) is 0.790. The number of nitrogens with zero attached hydrogens (tertiary/aromatic N) is 1. The molecule has 0 aliphatic carbocycles. The van der Waals surface area contributed by atoms with Gasteiger partial charge in [-0.2, -0.15) is 0 Å². The first-order chi connectivity index (χ1) is 4.81. The van der Waals surface area contributed by atoms with E-state index in [-0.39, 0.29) is 0 Å². The van der Waals surface area contributed by atoms with E-state index in [1.165, 1.54) is 6.42 Å². The van der Waals surface area contributed by atoms with Crippen molar-refractivity contribution in [1.29, 1.82) is 0 Å². The standard InChI is InChI=1S/C8H16ClN/c1-3-7-10(2)8-5-4-6-9/h4-5H,3,6-8H2,1-2H3. The molecular weight excluding hydrogens is 146 g/mol. The van der Waals surface area contributed by atoms with Crippen molar-refractivity contribution in [2.24, 2.45) is 0 Å². The Bertz CT molecular complexity index is 91.3. The third kappa shape index (κ3) is 6.12. The average Bonchev–Trinajstić information content (AvgIpc) is 1.89. The van der Waals surface area contributed by atoms with Gasteiger partial charge in [-0.1, -0.05) is 19.1 Å². The zero-order chi connectivity index (χ0) is 7.82. The van der Waals surface area contributed by atoms with Gasteiger partial charge in [-0.3, -0.25) is 0 Å². The lowest BCUT2D eigenvalue weighted by molar-refractivity contribution is 0.370. The molecule has 60 valence electrons. The van der Waals surface area contributed by atoms with Gasteiger partial charge in [0, 0.05) is 12.4 Å². The maximum atomic E-state index is 5.46. The summed E-state index contributed by atoms with van der Waals surface area (Å²) >= 11 is 5.46. The molecule has 0 rings (SSSR count). The van der Waals surface area contributed by atoms with Crippen LogP contribution in [0.15, 0.2) is 12.2 Å². The van der Waals surface area contributed by atoms with Gasteiger partial charge in [0.1, 0.15) is 0 Å². The first-order valence-corrected chi connectivity index (χ1v) is 4.24. The Morgan fingerprint density at radius 1 is 1.40 bits per heavy atom. The van der Waals surface area contributed by atoms with E-state index in [1.54, 1.807) is 0 Å². The van der Waals surface area contributed by atoms with Crippen molar-refractivity contribution in [2.45, 2.75) is 13.3 Å². The van der Waals surface area contributed by atoms with Crippen LogP contribution in [-0.4, -0.2) is 30.9 Å². The molecule has 0 saturated heterocycles. The number of hydrogen-bond donors (Lipinski definition) is 0. The summed E-state index contributed by atoms with van der Waals surface area (Å²) < 4.78 is 0. The van der Waals surface area contributed by atoms with Crippen molar-refractivity contribution in [3.8, 4) is 0 Å². The van der Waals surface area contributed by atoms with Gasteiger partial charge in [-0.05, 0) is 20.0 Å². The molecular formula is C8H16ClN. The molecule has 0 atom stereocenters. The quantitative estimate of drug-likeness (QED) is 0.441. The Balaban J connectivity index is 3.20. The summed E-state index contributed by atoms with van der Waals surface area (Å²) in [6.45, 7) is 4.36. The van der Waals surface area contributed by atoms with Crippen LogP contribution in [0, 0.1) is 0 Å². The smallest absolute Gasteiger partial charge is 0.0404 e. The fraction of sp³-hybridized carbons (Fsp3) is 0.750. The molecule has 0 aliphatic rings. The van der Waals surface area contributed by atoms with E-state index < -0.39 is 0 Å². The van der Waals surface area contributed by atoms with Gasteiger partial charge in [-0.25, -0.2) is 0 Å². The van der Waals surface area contributed by atoms with E-state index >= 15 is 0 Å². The van der Waals surface area contributed by atoms with Crippen molar-refractivity contribution < 1.29 is 0 Å². The highest BCUT2D eigenvalue weighted by atomic mass is 35.5. The van der Waals surface area contributed by atoms with Crippen LogP contribution in [0.1, 0.15) is 13.3 Å². The summed E-state index contributed by atoms with van der Waals surface area (Å²) in [6.07, 6.45) is 5.29. The summed E-state index contributed by atoms with van der Waals surface area (Å²) in [5.41, 5.74) is 0. The summed E-state index contributed by atoms with van der Waals surface area (Å²) in [7, 11) is 2.11. The Hall–Kier alpha value is -0.0100. The first-order valence-electron chi connectivity index (χ1n) is 3.70. The topological polar surface area (TPSA) is 3.24 Å². The van der Waals surface area contributed by atoms with Crippen LogP contribution in [-0.2, 0) is 0 Å². The summed E-state index contributed by atoms with van der Waals surface area (Å²) in [6, 6.07) is 0. The zero-order valence-electron chi connectivity index (χ0n) is 6.81. The van der Waals surface area contributed by atoms with E-state index in [0.717, 1.165) is 13.1 Å². The Morgan fingerprint density at radius 3 is 2.60 bits per heavy atom. The number of rotatable bonds is 5. The predicted octanol–water partition coefficient (Wildman–Crippen LogP) is 2.12. The monoisotopic (exact) mass is 161 g/mol. The van der Waals surface area contributed by atoms with Gasteiger partial charge in [0.05, 0.1) is 0 Å². The van der Waals surface area contributed by atoms with Gasteiger partial charge in [-0.15, -0.1) is 11.6 Å². The van der Waals surface area contributed by atoms with Crippen LogP contribution < -0.4 is 0 Å². The normalized spacial score (nSPS) is 11.6. The second kappa shape index (κ2) is 7.10. The minimum Gasteiger partial charge on any atom is -0.303 e. The number of halogens is 1. The van der Waals surface area contributed by atoms with E-state index in [9.17, 15) is 0 Å². The van der Waals surface area contributed by atoms with Crippen LogP contribution in [0.25, 0.3) is 0 Å². The van der Waals surface area contributed by atoms with Crippen LogP contribution in [0.4, 0.5) is 0 Å². The molecule has 0 N–H and O–H groups in total. The lowest BCUT2D eigenvalue weighted by atomic mass is 10.4. The molecule has 0 aromatic heterocycles. The van der Waals surface area contributed by atoms with Crippen molar-refractivity contribution in [3.63, 3.8) is 0 Å². The summed E-state index contributed by atoms with van der Waals surface area (Å²) in [5.74, 6) is 0.625. The number of allylic oxidation sites excluding steroid dienone is 1. The molecule has 2 heteroatoms. The number of alkyl halides is 1. The maximum Gasteiger partial charge on any atom is 0.0404 e. The largest absolute Gasteiger partial charge is 0.303 e. The number of likely N-dealkylation sites (N-methyl/N-ethyl adjacent to an activating group) is 1. The maximum absolute atomic E-state index is 5.46. The molecule has 0 bridgehead atoms. The minimum absolute atomic E-state index is 0.625. The lowest BCUT2D eigenvalue weighted by Crippen LogP contribution is -2.18. The van der Waals surface area contributed by atoms with Crippen molar-refractivity contribution >= 4 is 11.6 Å². The van der Waals surface area contributed by atoms with Crippen molar-refractivity contribution in [3.05, 3.63) is 12.2 Å². The third-order valence-electron chi connectivity index (χ3n) is 1.28. The molecule has 0 aliphatic heterocycles. The van der Waals surface area contributed by atoms with Crippen LogP contribution in [0.5, 0.6) is 0 Å². The summed E-state index contributed by atoms with van der Waals surface area (Å²) in [4.78, 5) is 2.27. The highest BCUT2D eigenvalue weighted by Crippen LogP contribution is 1.87. The molecule has 0 aromatic carbocycles. The average molecular weight is 162 g/mol. The van der Waals surface area contributed by atoms with Crippen molar-refractivity contribution in [2.75, 3.05) is 26.0 Å². The van der Waals surface area contributed by atoms with Crippen LogP contribution in [0.2, 0.25) is 0 Å². The third-order valence-corrected chi connectivity index (χ3v) is 1.46. The highest BCUT2D eigenvalue weighted by molar-refractivity contribution is 6.18. The molecule has 0 unspecified atom stereocenters. The molecule has 10 heavy (non-hydrogen) atoms. The van der Waals surface area contributed by atoms with Crippen molar-refractivity contribution in [1.82, 2.24) is 4.90 Å². The molecule has 0 heterocycles. The zero-order valence-corrected chi connectivity index (χ0v) is 7.56. The fourth-order valence-corrected chi connectivity index (χ4v) is 0.916. The molecule has 0 amide bonds. The first kappa shape index (κ1) is 9.99. The SMILES string of the molecule is CCCN(C)CC=CCCl. The molecule has 0 radical (unpaired) electrons. The van der Waals surface area contributed by atoms with E-state index in [0.29, 0.717) is 5.88 Å². The second-order valence-corrected chi connectivity index (χ2v) is 2.70. The summed E-state index contributed by atoms with van der Waals surface area (Å²) in [5, 5.41) is 0. The highest BCUT2D eigenvalue weighted by Gasteiger charge is 1.89. The number of hydrogen-bond acceptors (Lipinski definition) is 1. The van der Waals surface area contributed by atoms with Gasteiger partial charge in [0.15, 0.2) is 0 Å². The van der Waals surface area contributed by atoms with Gasteiger partial charge in [0.25, 0.3) is 0 Å². The molecule has 1 nitrogen and oxygen atoms in total.